The van der Waals surface area contributed by atoms with Crippen molar-refractivity contribution in [1.29, 1.82) is 0 Å². The topological polar surface area (TPSA) is 49.4 Å². The molecular formula is C23H27FN2O2S. The first-order chi connectivity index (χ1) is 14.0. The monoisotopic (exact) mass is 414 g/mol. The van der Waals surface area contributed by atoms with E-state index in [0.717, 1.165) is 36.9 Å². The number of nitrogens with one attached hydrogen (secondary N) is 1. The molecule has 0 saturated carbocycles. The lowest BCUT2D eigenvalue weighted by molar-refractivity contribution is -0.120. The number of benzene rings is 2. The molecule has 0 bridgehead atoms. The maximum absolute atomic E-state index is 13.7. The Bertz CT molecular complexity index is 873. The van der Waals surface area contributed by atoms with Crippen LogP contribution >= 0.6 is 11.8 Å². The zero-order valence-electron chi connectivity index (χ0n) is 16.9. The third-order valence-corrected chi connectivity index (χ3v) is 6.38. The average Bonchev–Trinajstić information content (AvgIpc) is 3.10. The van der Waals surface area contributed by atoms with Gasteiger partial charge in [-0.1, -0.05) is 44.9 Å². The lowest BCUT2D eigenvalue weighted by atomic mass is 9.98. The summed E-state index contributed by atoms with van der Waals surface area (Å²) in [4.78, 5) is 26.7. The Labute approximate surface area is 175 Å². The van der Waals surface area contributed by atoms with E-state index in [-0.39, 0.29) is 28.9 Å². The van der Waals surface area contributed by atoms with Gasteiger partial charge in [-0.25, -0.2) is 4.39 Å². The number of nitrogens with zero attached hydrogens (tertiary/aromatic N) is 1. The van der Waals surface area contributed by atoms with Gasteiger partial charge in [0.2, 0.25) is 11.8 Å². The fourth-order valence-corrected chi connectivity index (χ4v) is 4.73. The molecule has 1 aliphatic rings. The number of amides is 2. The van der Waals surface area contributed by atoms with E-state index >= 15 is 0 Å². The SMILES string of the molecule is CCCC[C@@H](CC)C(=O)Nc1cccc([C@H]2SCC(=O)N2c2cccc(F)c2)c1. The molecule has 1 fully saturated rings. The fraction of sp³-hybridized carbons (Fsp3) is 0.391. The lowest BCUT2D eigenvalue weighted by Gasteiger charge is -2.25. The van der Waals surface area contributed by atoms with Gasteiger partial charge in [0.15, 0.2) is 0 Å². The normalized spacial score (nSPS) is 17.4. The van der Waals surface area contributed by atoms with Gasteiger partial charge in [-0.15, -0.1) is 11.8 Å². The number of halogens is 1. The smallest absolute Gasteiger partial charge is 0.238 e. The lowest BCUT2D eigenvalue weighted by Crippen LogP contribution is -2.28. The maximum Gasteiger partial charge on any atom is 0.238 e. The van der Waals surface area contributed by atoms with Crippen LogP contribution in [0, 0.1) is 11.7 Å². The van der Waals surface area contributed by atoms with Crippen molar-refractivity contribution in [2.75, 3.05) is 16.0 Å². The molecule has 2 atom stereocenters. The Morgan fingerprint density at radius 3 is 2.76 bits per heavy atom. The van der Waals surface area contributed by atoms with Gasteiger partial charge in [0.1, 0.15) is 11.2 Å². The summed E-state index contributed by atoms with van der Waals surface area (Å²) in [5, 5.41) is 2.78. The number of unbranched alkanes of at least 4 members (excludes halogenated alkanes) is 1. The van der Waals surface area contributed by atoms with Crippen LogP contribution in [0.25, 0.3) is 0 Å². The van der Waals surface area contributed by atoms with Crippen LogP contribution in [0.2, 0.25) is 0 Å². The van der Waals surface area contributed by atoms with Crippen LogP contribution in [0.1, 0.15) is 50.5 Å². The van der Waals surface area contributed by atoms with Crippen LogP contribution in [0.15, 0.2) is 48.5 Å². The van der Waals surface area contributed by atoms with Crippen molar-refractivity contribution in [3.63, 3.8) is 0 Å². The number of carbonyl (C=O) groups excluding carboxylic acids is 2. The highest BCUT2D eigenvalue weighted by Crippen LogP contribution is 2.42. The molecule has 0 aromatic heterocycles. The van der Waals surface area contributed by atoms with Gasteiger partial charge in [-0.2, -0.15) is 0 Å². The first kappa shape index (κ1) is 21.4. The minimum Gasteiger partial charge on any atom is -0.326 e. The Morgan fingerprint density at radius 1 is 1.24 bits per heavy atom. The number of carbonyl (C=O) groups is 2. The molecular weight excluding hydrogens is 387 g/mol. The number of hydrogen-bond acceptors (Lipinski definition) is 3. The molecule has 6 heteroatoms. The summed E-state index contributed by atoms with van der Waals surface area (Å²) in [6.07, 6.45) is 3.81. The van der Waals surface area contributed by atoms with Gasteiger partial charge in [-0.3, -0.25) is 14.5 Å². The van der Waals surface area contributed by atoms with E-state index in [0.29, 0.717) is 11.4 Å². The number of anilines is 2. The molecule has 1 heterocycles. The third kappa shape index (κ3) is 5.18. The van der Waals surface area contributed by atoms with Gasteiger partial charge < -0.3 is 5.32 Å². The second-order valence-corrected chi connectivity index (χ2v) is 8.34. The summed E-state index contributed by atoms with van der Waals surface area (Å²) in [7, 11) is 0. The van der Waals surface area contributed by atoms with Crippen molar-refractivity contribution >= 4 is 35.0 Å². The van der Waals surface area contributed by atoms with Crippen LogP contribution in [-0.2, 0) is 9.59 Å². The van der Waals surface area contributed by atoms with E-state index in [2.05, 4.69) is 12.2 Å². The Morgan fingerprint density at radius 2 is 2.03 bits per heavy atom. The molecule has 154 valence electrons. The second-order valence-electron chi connectivity index (χ2n) is 7.27. The van der Waals surface area contributed by atoms with Crippen LogP contribution in [0.4, 0.5) is 15.8 Å². The molecule has 29 heavy (non-hydrogen) atoms. The van der Waals surface area contributed by atoms with Gasteiger partial charge >= 0.3 is 0 Å². The zero-order chi connectivity index (χ0) is 20.8. The minimum absolute atomic E-state index is 0.00447. The third-order valence-electron chi connectivity index (χ3n) is 5.16. The highest BCUT2D eigenvalue weighted by Gasteiger charge is 2.34. The zero-order valence-corrected chi connectivity index (χ0v) is 17.7. The number of hydrogen-bond donors (Lipinski definition) is 1. The minimum atomic E-state index is -0.371. The summed E-state index contributed by atoms with van der Waals surface area (Å²) >= 11 is 1.50. The standard InChI is InChI=1S/C23H27FN2O2S/c1-3-5-8-16(4-2)22(28)25-19-11-6-9-17(13-19)23-26(21(27)15-29-23)20-12-7-10-18(24)14-20/h6-7,9-14,16,23H,3-5,8,15H2,1-2H3,(H,25,28)/t16-,23-/m1/s1. The highest BCUT2D eigenvalue weighted by molar-refractivity contribution is 8.00. The molecule has 1 N–H and O–H groups in total. The van der Waals surface area contributed by atoms with Crippen molar-refractivity contribution in [2.24, 2.45) is 5.92 Å². The summed E-state index contributed by atoms with van der Waals surface area (Å²) in [6, 6.07) is 13.7. The van der Waals surface area contributed by atoms with Crippen molar-refractivity contribution < 1.29 is 14.0 Å². The molecule has 2 aromatic carbocycles. The Hall–Kier alpha value is -2.34. The molecule has 0 spiro atoms. The van der Waals surface area contributed by atoms with Gasteiger partial charge in [0, 0.05) is 17.3 Å². The fourth-order valence-electron chi connectivity index (χ4n) is 3.56. The van der Waals surface area contributed by atoms with Crippen LogP contribution in [0.5, 0.6) is 0 Å². The predicted molar refractivity (Wildman–Crippen MR) is 117 cm³/mol. The van der Waals surface area contributed by atoms with Gasteiger partial charge in [0.25, 0.3) is 0 Å². The van der Waals surface area contributed by atoms with Crippen molar-refractivity contribution in [3.05, 3.63) is 59.9 Å². The van der Waals surface area contributed by atoms with E-state index in [9.17, 15) is 14.0 Å². The molecule has 1 saturated heterocycles. The van der Waals surface area contributed by atoms with E-state index in [1.54, 1.807) is 17.0 Å². The molecule has 4 nitrogen and oxygen atoms in total. The van der Waals surface area contributed by atoms with E-state index in [4.69, 9.17) is 0 Å². The van der Waals surface area contributed by atoms with Crippen LogP contribution in [-0.4, -0.2) is 17.6 Å². The molecule has 0 unspecified atom stereocenters. The Kier molecular flexibility index (Phi) is 7.31. The largest absolute Gasteiger partial charge is 0.326 e. The van der Waals surface area contributed by atoms with E-state index in [1.165, 1.54) is 23.9 Å². The number of rotatable bonds is 8. The van der Waals surface area contributed by atoms with E-state index in [1.807, 2.05) is 31.2 Å². The first-order valence-corrected chi connectivity index (χ1v) is 11.2. The molecule has 2 amide bonds. The first-order valence-electron chi connectivity index (χ1n) is 10.1. The summed E-state index contributed by atoms with van der Waals surface area (Å²) < 4.78 is 13.7. The van der Waals surface area contributed by atoms with Gasteiger partial charge in [0.05, 0.1) is 5.75 Å². The average molecular weight is 415 g/mol. The highest BCUT2D eigenvalue weighted by atomic mass is 32.2. The van der Waals surface area contributed by atoms with Crippen LogP contribution < -0.4 is 10.2 Å². The number of thioether (sulfide) groups is 1. The predicted octanol–water partition coefficient (Wildman–Crippen LogP) is 5.76. The maximum atomic E-state index is 13.7. The van der Waals surface area contributed by atoms with Gasteiger partial charge in [-0.05, 0) is 48.7 Å². The molecule has 0 aliphatic carbocycles. The van der Waals surface area contributed by atoms with Crippen molar-refractivity contribution in [2.45, 2.75) is 44.9 Å². The molecule has 3 rings (SSSR count). The van der Waals surface area contributed by atoms with Crippen molar-refractivity contribution in [1.82, 2.24) is 0 Å². The summed E-state index contributed by atoms with van der Waals surface area (Å²) in [5.41, 5.74) is 2.18. The van der Waals surface area contributed by atoms with Crippen molar-refractivity contribution in [3.8, 4) is 0 Å². The molecule has 2 aromatic rings. The van der Waals surface area contributed by atoms with Crippen LogP contribution in [0.3, 0.4) is 0 Å². The van der Waals surface area contributed by atoms with E-state index < -0.39 is 0 Å². The Balaban J connectivity index is 1.79. The quantitative estimate of drug-likeness (QED) is 0.597. The molecule has 1 aliphatic heterocycles. The summed E-state index contributed by atoms with van der Waals surface area (Å²) in [5.74, 6) is -0.0393. The summed E-state index contributed by atoms with van der Waals surface area (Å²) in [6.45, 7) is 4.16. The second kappa shape index (κ2) is 9.92. The molecule has 0 radical (unpaired) electrons.